The molecular formula is C24H27N4O5P. The molecule has 0 atom stereocenters. The molecule has 0 saturated carbocycles. The highest BCUT2D eigenvalue weighted by atomic mass is 31.2. The third kappa shape index (κ3) is 5.82. The molecule has 3 rings (SSSR count). The van der Waals surface area contributed by atoms with E-state index in [1.807, 2.05) is 0 Å². The van der Waals surface area contributed by atoms with Gasteiger partial charge in [0, 0.05) is 45.1 Å². The van der Waals surface area contributed by atoms with Gasteiger partial charge in [-0.2, -0.15) is 0 Å². The van der Waals surface area contributed by atoms with Crippen molar-refractivity contribution < 1.29 is 23.9 Å². The third-order valence-corrected chi connectivity index (χ3v) is 6.04. The number of nitrogens with zero attached hydrogens (tertiary/aromatic N) is 2. The van der Waals surface area contributed by atoms with Crippen LogP contribution in [-0.4, -0.2) is 59.8 Å². The van der Waals surface area contributed by atoms with Crippen molar-refractivity contribution in [3.8, 4) is 22.3 Å². The SMILES string of the molecule is CN(C)C(=O)Nc1ccc(-c2cccc(P(=O)(O)O)c2-c2ccc(NC(=O)N(C)C)cc2)cc1. The van der Waals surface area contributed by atoms with Gasteiger partial charge in [0.1, 0.15) is 0 Å². The zero-order chi connectivity index (χ0) is 25.0. The van der Waals surface area contributed by atoms with Gasteiger partial charge in [-0.3, -0.25) is 4.57 Å². The molecule has 9 nitrogen and oxygen atoms in total. The third-order valence-electron chi connectivity index (χ3n) is 5.04. The molecule has 0 aromatic heterocycles. The highest BCUT2D eigenvalue weighted by Gasteiger charge is 2.25. The van der Waals surface area contributed by atoms with Crippen LogP contribution in [0.5, 0.6) is 0 Å². The molecule has 10 heteroatoms. The lowest BCUT2D eigenvalue weighted by Crippen LogP contribution is -2.27. The molecule has 0 aliphatic rings. The van der Waals surface area contributed by atoms with Crippen LogP contribution < -0.4 is 15.9 Å². The first-order valence-electron chi connectivity index (χ1n) is 10.3. The average molecular weight is 482 g/mol. The van der Waals surface area contributed by atoms with Crippen molar-refractivity contribution in [2.24, 2.45) is 0 Å². The Balaban J connectivity index is 2.05. The number of carbonyl (C=O) groups excluding carboxylic acids is 2. The summed E-state index contributed by atoms with van der Waals surface area (Å²) in [6.07, 6.45) is 0. The smallest absolute Gasteiger partial charge is 0.331 e. The van der Waals surface area contributed by atoms with Gasteiger partial charge in [-0.25, -0.2) is 9.59 Å². The van der Waals surface area contributed by atoms with Crippen LogP contribution in [0.25, 0.3) is 22.3 Å². The molecule has 0 spiro atoms. The van der Waals surface area contributed by atoms with Crippen molar-refractivity contribution in [3.05, 3.63) is 66.7 Å². The van der Waals surface area contributed by atoms with E-state index < -0.39 is 7.60 Å². The number of nitrogens with one attached hydrogen (secondary N) is 2. The Labute approximate surface area is 198 Å². The molecule has 0 unspecified atom stereocenters. The molecule has 3 aromatic carbocycles. The lowest BCUT2D eigenvalue weighted by Gasteiger charge is -2.18. The predicted octanol–water partition coefficient (Wildman–Crippen LogP) is 4.01. The highest BCUT2D eigenvalue weighted by molar-refractivity contribution is 7.60. The van der Waals surface area contributed by atoms with E-state index in [0.717, 1.165) is 5.56 Å². The van der Waals surface area contributed by atoms with Crippen molar-refractivity contribution in [2.45, 2.75) is 0 Å². The van der Waals surface area contributed by atoms with E-state index in [0.29, 0.717) is 28.1 Å². The number of rotatable bonds is 5. The summed E-state index contributed by atoms with van der Waals surface area (Å²) >= 11 is 0. The Hall–Kier alpha value is -3.65. The van der Waals surface area contributed by atoms with Crippen LogP contribution in [0.3, 0.4) is 0 Å². The first kappa shape index (κ1) is 25.0. The minimum absolute atomic E-state index is 0.0972. The van der Waals surface area contributed by atoms with Crippen molar-refractivity contribution >= 4 is 36.3 Å². The van der Waals surface area contributed by atoms with E-state index in [1.165, 1.54) is 15.9 Å². The van der Waals surface area contributed by atoms with E-state index >= 15 is 0 Å². The van der Waals surface area contributed by atoms with Gasteiger partial charge < -0.3 is 30.2 Å². The average Bonchev–Trinajstić information content (AvgIpc) is 2.79. The molecule has 0 bridgehead atoms. The van der Waals surface area contributed by atoms with Gasteiger partial charge in [-0.1, -0.05) is 36.4 Å². The van der Waals surface area contributed by atoms with Gasteiger partial charge in [0.15, 0.2) is 0 Å². The van der Waals surface area contributed by atoms with Crippen molar-refractivity contribution in [3.63, 3.8) is 0 Å². The summed E-state index contributed by atoms with van der Waals surface area (Å²) in [5.74, 6) is 0. The Morgan fingerprint density at radius 1 is 0.706 bits per heavy atom. The Kier molecular flexibility index (Phi) is 7.41. The fourth-order valence-electron chi connectivity index (χ4n) is 3.25. The van der Waals surface area contributed by atoms with Crippen molar-refractivity contribution in [1.29, 1.82) is 0 Å². The molecule has 3 aromatic rings. The van der Waals surface area contributed by atoms with Crippen LogP contribution in [0.4, 0.5) is 21.0 Å². The maximum Gasteiger partial charge on any atom is 0.356 e. The van der Waals surface area contributed by atoms with Gasteiger partial charge in [-0.05, 0) is 47.0 Å². The van der Waals surface area contributed by atoms with Crippen LogP contribution in [0, 0.1) is 0 Å². The monoisotopic (exact) mass is 482 g/mol. The summed E-state index contributed by atoms with van der Waals surface area (Å²) in [4.78, 5) is 46.7. The lowest BCUT2D eigenvalue weighted by atomic mass is 9.94. The van der Waals surface area contributed by atoms with Crippen LogP contribution in [0.2, 0.25) is 0 Å². The van der Waals surface area contributed by atoms with E-state index in [9.17, 15) is 23.9 Å². The second-order valence-corrected chi connectivity index (χ2v) is 9.62. The molecule has 178 valence electrons. The molecule has 4 N–H and O–H groups in total. The zero-order valence-electron chi connectivity index (χ0n) is 19.3. The number of urea groups is 2. The number of hydrogen-bond acceptors (Lipinski definition) is 3. The lowest BCUT2D eigenvalue weighted by molar-refractivity contribution is 0.230. The second-order valence-electron chi connectivity index (χ2n) is 8.05. The first-order chi connectivity index (χ1) is 16.0. The van der Waals surface area contributed by atoms with Crippen LogP contribution in [0.15, 0.2) is 66.7 Å². The second kappa shape index (κ2) is 10.1. The standard InChI is InChI=1S/C24H27N4O5P/c1-27(2)23(29)25-18-12-8-16(9-13-18)20-6-5-7-21(34(31,32)33)22(20)17-10-14-19(15-11-17)26-24(30)28(3)4/h5-15H,1-4H3,(H,25,29)(H,26,30)(H2,31,32,33). The Bertz CT molecular complexity index is 1240. The summed E-state index contributed by atoms with van der Waals surface area (Å²) in [5.41, 5.74) is 3.47. The quantitative estimate of drug-likeness (QED) is 0.410. The van der Waals surface area contributed by atoms with Crippen LogP contribution >= 0.6 is 7.60 Å². The van der Waals surface area contributed by atoms with Crippen molar-refractivity contribution in [1.82, 2.24) is 9.80 Å². The fraction of sp³-hybridized carbons (Fsp3) is 0.167. The minimum Gasteiger partial charge on any atom is -0.331 e. The Morgan fingerprint density at radius 3 is 1.56 bits per heavy atom. The molecule has 0 heterocycles. The zero-order valence-corrected chi connectivity index (χ0v) is 20.2. The van der Waals surface area contributed by atoms with Gasteiger partial charge >= 0.3 is 19.7 Å². The van der Waals surface area contributed by atoms with Gasteiger partial charge in [0.25, 0.3) is 0 Å². The van der Waals surface area contributed by atoms with E-state index in [-0.39, 0.29) is 17.4 Å². The molecule has 0 fully saturated rings. The van der Waals surface area contributed by atoms with E-state index in [4.69, 9.17) is 0 Å². The molecule has 0 aliphatic carbocycles. The molecular weight excluding hydrogens is 455 g/mol. The van der Waals surface area contributed by atoms with Crippen molar-refractivity contribution in [2.75, 3.05) is 38.8 Å². The molecule has 34 heavy (non-hydrogen) atoms. The first-order valence-corrected chi connectivity index (χ1v) is 11.9. The molecule has 0 saturated heterocycles. The summed E-state index contributed by atoms with van der Waals surface area (Å²) < 4.78 is 12.3. The normalized spacial score (nSPS) is 11.0. The number of anilines is 2. The largest absolute Gasteiger partial charge is 0.356 e. The maximum absolute atomic E-state index is 12.3. The van der Waals surface area contributed by atoms with E-state index in [2.05, 4.69) is 10.6 Å². The number of benzene rings is 3. The molecule has 0 aliphatic heterocycles. The summed E-state index contributed by atoms with van der Waals surface area (Å²) in [6, 6.07) is 18.0. The molecule has 4 amide bonds. The van der Waals surface area contributed by atoms with Gasteiger partial charge in [-0.15, -0.1) is 0 Å². The summed E-state index contributed by atoms with van der Waals surface area (Å²) in [7, 11) is 1.94. The molecule has 0 radical (unpaired) electrons. The summed E-state index contributed by atoms with van der Waals surface area (Å²) in [6.45, 7) is 0. The topological polar surface area (TPSA) is 122 Å². The number of hydrogen-bond donors (Lipinski definition) is 4. The number of amides is 4. The Morgan fingerprint density at radius 2 is 1.15 bits per heavy atom. The minimum atomic E-state index is -4.59. The fourth-order valence-corrected chi connectivity index (χ4v) is 4.07. The van der Waals surface area contributed by atoms with Gasteiger partial charge in [0.05, 0.1) is 5.30 Å². The van der Waals surface area contributed by atoms with E-state index in [1.54, 1.807) is 88.9 Å². The predicted molar refractivity (Wildman–Crippen MR) is 134 cm³/mol. The maximum atomic E-state index is 12.3. The van der Waals surface area contributed by atoms with Gasteiger partial charge in [0.2, 0.25) is 0 Å². The highest BCUT2D eigenvalue weighted by Crippen LogP contribution is 2.42. The number of carbonyl (C=O) groups is 2. The summed E-state index contributed by atoms with van der Waals surface area (Å²) in [5, 5.41) is 5.40. The van der Waals surface area contributed by atoms with Crippen LogP contribution in [0.1, 0.15) is 0 Å². The van der Waals surface area contributed by atoms with Crippen LogP contribution in [-0.2, 0) is 4.57 Å².